The minimum atomic E-state index is -0.193. The molecule has 1 aromatic heterocycles. The first-order valence-electron chi connectivity index (χ1n) is 6.45. The SMILES string of the molecule is COCC1CN(Cc2nccc(N)n2)CC(C)(C)O1. The number of methoxy groups -OCH3 is 1. The van der Waals surface area contributed by atoms with E-state index in [4.69, 9.17) is 15.2 Å². The number of ether oxygens (including phenoxy) is 2. The summed E-state index contributed by atoms with van der Waals surface area (Å²) in [5.41, 5.74) is 5.48. The second-order valence-corrected chi connectivity index (χ2v) is 5.52. The average molecular weight is 266 g/mol. The zero-order valence-electron chi connectivity index (χ0n) is 11.8. The molecule has 106 valence electrons. The van der Waals surface area contributed by atoms with Gasteiger partial charge in [0.25, 0.3) is 0 Å². The van der Waals surface area contributed by atoms with Crippen molar-refractivity contribution in [3.05, 3.63) is 18.1 Å². The molecular formula is C13H22N4O2. The van der Waals surface area contributed by atoms with Gasteiger partial charge in [-0.2, -0.15) is 0 Å². The predicted molar refractivity (Wildman–Crippen MR) is 72.5 cm³/mol. The van der Waals surface area contributed by atoms with Crippen LogP contribution in [0.1, 0.15) is 19.7 Å². The largest absolute Gasteiger partial charge is 0.384 e. The van der Waals surface area contributed by atoms with Crippen LogP contribution in [-0.4, -0.2) is 53.4 Å². The van der Waals surface area contributed by atoms with Crippen molar-refractivity contribution in [1.82, 2.24) is 14.9 Å². The van der Waals surface area contributed by atoms with Gasteiger partial charge in [-0.15, -0.1) is 0 Å². The molecule has 0 radical (unpaired) electrons. The Morgan fingerprint density at radius 1 is 1.58 bits per heavy atom. The predicted octanol–water partition coefficient (Wildman–Crippen LogP) is 0.685. The van der Waals surface area contributed by atoms with E-state index in [0.29, 0.717) is 19.0 Å². The lowest BCUT2D eigenvalue weighted by Crippen LogP contribution is -2.53. The molecule has 0 spiro atoms. The van der Waals surface area contributed by atoms with Crippen LogP contribution in [0, 0.1) is 0 Å². The fourth-order valence-electron chi connectivity index (χ4n) is 2.50. The molecule has 0 aliphatic carbocycles. The quantitative estimate of drug-likeness (QED) is 0.864. The van der Waals surface area contributed by atoms with Crippen LogP contribution < -0.4 is 5.73 Å². The fourth-order valence-corrected chi connectivity index (χ4v) is 2.50. The molecule has 1 saturated heterocycles. The molecule has 19 heavy (non-hydrogen) atoms. The van der Waals surface area contributed by atoms with E-state index in [1.165, 1.54) is 0 Å². The normalized spacial score (nSPS) is 23.4. The number of hydrogen-bond donors (Lipinski definition) is 1. The Labute approximate surface area is 113 Å². The Kier molecular flexibility index (Phi) is 4.34. The Balaban J connectivity index is 2.02. The highest BCUT2D eigenvalue weighted by molar-refractivity contribution is 5.24. The minimum absolute atomic E-state index is 0.0785. The van der Waals surface area contributed by atoms with Crippen molar-refractivity contribution in [2.45, 2.75) is 32.1 Å². The highest BCUT2D eigenvalue weighted by Crippen LogP contribution is 2.22. The van der Waals surface area contributed by atoms with Gasteiger partial charge in [-0.1, -0.05) is 0 Å². The van der Waals surface area contributed by atoms with E-state index in [0.717, 1.165) is 18.9 Å². The number of nitrogens with zero attached hydrogens (tertiary/aromatic N) is 3. The molecule has 2 heterocycles. The van der Waals surface area contributed by atoms with E-state index in [1.807, 2.05) is 0 Å². The van der Waals surface area contributed by atoms with Crippen molar-refractivity contribution in [2.75, 3.05) is 32.5 Å². The lowest BCUT2D eigenvalue weighted by molar-refractivity contribution is -0.154. The van der Waals surface area contributed by atoms with Crippen molar-refractivity contribution < 1.29 is 9.47 Å². The van der Waals surface area contributed by atoms with Crippen LogP contribution in [0.2, 0.25) is 0 Å². The summed E-state index contributed by atoms with van der Waals surface area (Å²) >= 11 is 0. The lowest BCUT2D eigenvalue weighted by atomic mass is 10.1. The van der Waals surface area contributed by atoms with E-state index in [2.05, 4.69) is 28.7 Å². The number of nitrogen functional groups attached to an aromatic ring is 1. The number of morpholine rings is 1. The number of rotatable bonds is 4. The smallest absolute Gasteiger partial charge is 0.144 e. The topological polar surface area (TPSA) is 73.5 Å². The standard InChI is InChI=1S/C13H22N4O2/c1-13(2)9-17(6-10(19-13)8-18-3)7-12-15-5-4-11(14)16-12/h4-5,10H,6-9H2,1-3H3,(H2,14,15,16). The number of hydrogen-bond acceptors (Lipinski definition) is 6. The van der Waals surface area contributed by atoms with Gasteiger partial charge in [-0.3, -0.25) is 4.90 Å². The van der Waals surface area contributed by atoms with Gasteiger partial charge in [-0.25, -0.2) is 9.97 Å². The van der Waals surface area contributed by atoms with Gasteiger partial charge in [0.05, 0.1) is 24.9 Å². The van der Waals surface area contributed by atoms with E-state index >= 15 is 0 Å². The molecule has 1 atom stereocenters. The van der Waals surface area contributed by atoms with Crippen LogP contribution >= 0.6 is 0 Å². The monoisotopic (exact) mass is 266 g/mol. The molecular weight excluding hydrogens is 244 g/mol. The van der Waals surface area contributed by atoms with Gasteiger partial charge in [0.1, 0.15) is 11.6 Å². The highest BCUT2D eigenvalue weighted by atomic mass is 16.5. The van der Waals surface area contributed by atoms with Crippen LogP contribution in [0.3, 0.4) is 0 Å². The molecule has 6 nitrogen and oxygen atoms in total. The molecule has 1 aromatic rings. The second kappa shape index (κ2) is 5.81. The maximum absolute atomic E-state index is 5.97. The zero-order valence-corrected chi connectivity index (χ0v) is 11.8. The molecule has 1 unspecified atom stereocenters. The van der Waals surface area contributed by atoms with E-state index < -0.39 is 0 Å². The first-order valence-corrected chi connectivity index (χ1v) is 6.45. The second-order valence-electron chi connectivity index (χ2n) is 5.52. The Morgan fingerprint density at radius 3 is 3.05 bits per heavy atom. The summed E-state index contributed by atoms with van der Waals surface area (Å²) in [7, 11) is 1.69. The van der Waals surface area contributed by atoms with Crippen molar-refractivity contribution >= 4 is 5.82 Å². The van der Waals surface area contributed by atoms with Crippen LogP contribution in [-0.2, 0) is 16.0 Å². The summed E-state index contributed by atoms with van der Waals surface area (Å²) in [5, 5.41) is 0. The Bertz CT molecular complexity index is 425. The third kappa shape index (κ3) is 4.12. The van der Waals surface area contributed by atoms with Crippen molar-refractivity contribution in [3.63, 3.8) is 0 Å². The average Bonchev–Trinajstić information content (AvgIpc) is 2.26. The minimum Gasteiger partial charge on any atom is -0.384 e. The summed E-state index contributed by atoms with van der Waals surface area (Å²) in [4.78, 5) is 10.8. The summed E-state index contributed by atoms with van der Waals surface area (Å²) in [6.45, 7) is 7.10. The fraction of sp³-hybridized carbons (Fsp3) is 0.692. The van der Waals surface area contributed by atoms with Crippen LogP contribution in [0.5, 0.6) is 0 Å². The maximum atomic E-state index is 5.97. The van der Waals surface area contributed by atoms with E-state index in [-0.39, 0.29) is 11.7 Å². The molecule has 6 heteroatoms. The Hall–Kier alpha value is -1.24. The molecule has 0 saturated carbocycles. The van der Waals surface area contributed by atoms with Gasteiger partial charge >= 0.3 is 0 Å². The third-order valence-electron chi connectivity index (χ3n) is 3.00. The summed E-state index contributed by atoms with van der Waals surface area (Å²) in [6.07, 6.45) is 1.77. The summed E-state index contributed by atoms with van der Waals surface area (Å²) in [5.74, 6) is 1.25. The summed E-state index contributed by atoms with van der Waals surface area (Å²) < 4.78 is 11.2. The van der Waals surface area contributed by atoms with Crippen LogP contribution in [0.15, 0.2) is 12.3 Å². The molecule has 2 N–H and O–H groups in total. The first-order chi connectivity index (χ1) is 8.98. The molecule has 1 aliphatic heterocycles. The molecule has 1 fully saturated rings. The van der Waals surface area contributed by atoms with E-state index in [1.54, 1.807) is 19.4 Å². The number of anilines is 1. The van der Waals surface area contributed by atoms with Gasteiger partial charge in [0, 0.05) is 26.4 Å². The van der Waals surface area contributed by atoms with Gasteiger partial charge in [-0.05, 0) is 19.9 Å². The first kappa shape index (κ1) is 14.2. The summed E-state index contributed by atoms with van der Waals surface area (Å²) in [6, 6.07) is 1.69. The molecule has 2 rings (SSSR count). The van der Waals surface area contributed by atoms with Crippen molar-refractivity contribution in [3.8, 4) is 0 Å². The molecule has 0 aromatic carbocycles. The highest BCUT2D eigenvalue weighted by Gasteiger charge is 2.33. The number of aromatic nitrogens is 2. The van der Waals surface area contributed by atoms with Crippen molar-refractivity contribution in [1.29, 1.82) is 0 Å². The van der Waals surface area contributed by atoms with Gasteiger partial charge < -0.3 is 15.2 Å². The van der Waals surface area contributed by atoms with Crippen LogP contribution in [0.4, 0.5) is 5.82 Å². The Morgan fingerprint density at radius 2 is 2.37 bits per heavy atom. The van der Waals surface area contributed by atoms with Crippen molar-refractivity contribution in [2.24, 2.45) is 0 Å². The van der Waals surface area contributed by atoms with E-state index in [9.17, 15) is 0 Å². The van der Waals surface area contributed by atoms with Gasteiger partial charge in [0.15, 0.2) is 0 Å². The molecule has 0 bridgehead atoms. The third-order valence-corrected chi connectivity index (χ3v) is 3.00. The molecule has 0 amide bonds. The molecule has 1 aliphatic rings. The zero-order chi connectivity index (χ0) is 13.9. The lowest BCUT2D eigenvalue weighted by Gasteiger charge is -2.42. The van der Waals surface area contributed by atoms with Crippen LogP contribution in [0.25, 0.3) is 0 Å². The number of nitrogens with two attached hydrogens (primary N) is 1. The maximum Gasteiger partial charge on any atom is 0.144 e. The van der Waals surface area contributed by atoms with Gasteiger partial charge in [0.2, 0.25) is 0 Å².